The summed E-state index contributed by atoms with van der Waals surface area (Å²) in [7, 11) is 0. The fourth-order valence-electron chi connectivity index (χ4n) is 1.79. The number of benzene rings is 1. The first kappa shape index (κ1) is 10.2. The first-order valence-corrected chi connectivity index (χ1v) is 5.29. The first-order chi connectivity index (χ1) is 7.11. The van der Waals surface area contributed by atoms with Gasteiger partial charge in [-0.2, -0.15) is 0 Å². The summed E-state index contributed by atoms with van der Waals surface area (Å²) in [6, 6.07) is 9.24. The minimum Gasteiger partial charge on any atom is -0.329 e. The maximum atomic E-state index is 11.7. The molecular formula is C12H12ClNO. The van der Waals surface area contributed by atoms with Crippen LogP contribution in [0.1, 0.15) is 19.9 Å². The number of hydrogen-bond acceptors (Lipinski definition) is 1. The van der Waals surface area contributed by atoms with E-state index < -0.39 is 0 Å². The summed E-state index contributed by atoms with van der Waals surface area (Å²) in [5.41, 5.74) is 0.873. The zero-order chi connectivity index (χ0) is 11.0. The maximum absolute atomic E-state index is 11.7. The van der Waals surface area contributed by atoms with E-state index >= 15 is 0 Å². The lowest BCUT2D eigenvalue weighted by Gasteiger charge is -2.16. The van der Waals surface area contributed by atoms with Crippen molar-refractivity contribution in [2.24, 2.45) is 0 Å². The first-order valence-electron chi connectivity index (χ1n) is 4.91. The van der Waals surface area contributed by atoms with Gasteiger partial charge in [0.15, 0.2) is 5.43 Å². The van der Waals surface area contributed by atoms with E-state index in [2.05, 4.69) is 0 Å². The number of hydrogen-bond donors (Lipinski definition) is 0. The van der Waals surface area contributed by atoms with Crippen LogP contribution in [0.3, 0.4) is 0 Å². The molecule has 78 valence electrons. The molecule has 0 unspecified atom stereocenters. The summed E-state index contributed by atoms with van der Waals surface area (Å²) in [5.74, 6) is 0. The number of aromatic nitrogens is 1. The van der Waals surface area contributed by atoms with Gasteiger partial charge in [0.2, 0.25) is 0 Å². The van der Waals surface area contributed by atoms with Gasteiger partial charge in [0.25, 0.3) is 0 Å². The molecule has 0 saturated carbocycles. The molecule has 0 radical (unpaired) electrons. The van der Waals surface area contributed by atoms with Crippen molar-refractivity contribution in [3.05, 3.63) is 45.7 Å². The van der Waals surface area contributed by atoms with Gasteiger partial charge >= 0.3 is 0 Å². The molecule has 0 saturated heterocycles. The second-order valence-electron chi connectivity index (χ2n) is 3.81. The molecule has 0 fully saturated rings. The Morgan fingerprint density at radius 3 is 2.60 bits per heavy atom. The Morgan fingerprint density at radius 2 is 1.93 bits per heavy atom. The largest absolute Gasteiger partial charge is 0.329 e. The summed E-state index contributed by atoms with van der Waals surface area (Å²) in [4.78, 5) is 11.7. The van der Waals surface area contributed by atoms with Gasteiger partial charge in [0, 0.05) is 17.5 Å². The molecule has 1 aromatic carbocycles. The van der Waals surface area contributed by atoms with Crippen LogP contribution in [0.15, 0.2) is 35.1 Å². The van der Waals surface area contributed by atoms with Crippen molar-refractivity contribution in [1.82, 2.24) is 4.57 Å². The number of nitrogens with zero attached hydrogens (tertiary/aromatic N) is 1. The van der Waals surface area contributed by atoms with Crippen LogP contribution in [0.25, 0.3) is 10.9 Å². The zero-order valence-electron chi connectivity index (χ0n) is 8.70. The molecule has 0 amide bonds. The molecule has 0 aliphatic rings. The molecule has 0 bridgehead atoms. The van der Waals surface area contributed by atoms with Crippen molar-refractivity contribution >= 4 is 22.5 Å². The highest BCUT2D eigenvalue weighted by Crippen LogP contribution is 2.21. The molecule has 0 spiro atoms. The molecule has 1 heterocycles. The van der Waals surface area contributed by atoms with Crippen LogP contribution < -0.4 is 5.43 Å². The van der Waals surface area contributed by atoms with E-state index in [1.807, 2.05) is 42.7 Å². The molecule has 15 heavy (non-hydrogen) atoms. The standard InChI is InChI=1S/C12H12ClNO/c1-8(2)14-10-6-4-3-5-9(10)11(15)7-12(14)13/h3-8H,1-2H3. The fourth-order valence-corrected chi connectivity index (χ4v) is 2.17. The Hall–Kier alpha value is -1.28. The third-order valence-corrected chi connectivity index (χ3v) is 2.72. The molecule has 0 atom stereocenters. The van der Waals surface area contributed by atoms with Gasteiger partial charge in [-0.25, -0.2) is 0 Å². The summed E-state index contributed by atoms with van der Waals surface area (Å²) in [6.45, 7) is 4.09. The van der Waals surface area contributed by atoms with Gasteiger partial charge in [0.1, 0.15) is 5.15 Å². The molecule has 2 rings (SSSR count). The lowest BCUT2D eigenvalue weighted by Crippen LogP contribution is -2.11. The van der Waals surface area contributed by atoms with Crippen molar-refractivity contribution in [1.29, 1.82) is 0 Å². The highest BCUT2D eigenvalue weighted by Gasteiger charge is 2.08. The van der Waals surface area contributed by atoms with Gasteiger partial charge in [0.05, 0.1) is 5.52 Å². The summed E-state index contributed by atoms with van der Waals surface area (Å²) >= 11 is 6.07. The highest BCUT2D eigenvalue weighted by atomic mass is 35.5. The second kappa shape index (κ2) is 3.70. The monoisotopic (exact) mass is 221 g/mol. The maximum Gasteiger partial charge on any atom is 0.190 e. The minimum absolute atomic E-state index is 0.0208. The second-order valence-corrected chi connectivity index (χ2v) is 4.20. The normalized spacial score (nSPS) is 11.2. The van der Waals surface area contributed by atoms with Crippen molar-refractivity contribution in [2.45, 2.75) is 19.9 Å². The van der Waals surface area contributed by atoms with E-state index in [0.717, 1.165) is 10.9 Å². The van der Waals surface area contributed by atoms with Crippen molar-refractivity contribution in [3.63, 3.8) is 0 Å². The predicted molar refractivity (Wildman–Crippen MR) is 63.6 cm³/mol. The molecule has 0 aliphatic carbocycles. The van der Waals surface area contributed by atoms with Crippen molar-refractivity contribution < 1.29 is 0 Å². The lowest BCUT2D eigenvalue weighted by molar-refractivity contribution is 0.618. The van der Waals surface area contributed by atoms with E-state index in [1.165, 1.54) is 6.07 Å². The van der Waals surface area contributed by atoms with E-state index in [1.54, 1.807) is 0 Å². The molecule has 1 aromatic heterocycles. The van der Waals surface area contributed by atoms with Crippen molar-refractivity contribution in [3.8, 4) is 0 Å². The molecule has 3 heteroatoms. The summed E-state index contributed by atoms with van der Waals surface area (Å²) < 4.78 is 1.96. The van der Waals surface area contributed by atoms with Gasteiger partial charge in [-0.3, -0.25) is 4.79 Å². The van der Waals surface area contributed by atoms with Gasteiger partial charge in [-0.05, 0) is 26.0 Å². The van der Waals surface area contributed by atoms with Crippen LogP contribution >= 0.6 is 11.6 Å². The minimum atomic E-state index is -0.0208. The predicted octanol–water partition coefficient (Wildman–Crippen LogP) is 3.24. The quantitative estimate of drug-likeness (QED) is 0.678. The topological polar surface area (TPSA) is 22.0 Å². The Kier molecular flexibility index (Phi) is 2.53. The van der Waals surface area contributed by atoms with Crippen LogP contribution in [0, 0.1) is 0 Å². The Balaban J connectivity index is 2.96. The van der Waals surface area contributed by atoms with Crippen LogP contribution in [0.5, 0.6) is 0 Å². The SMILES string of the molecule is CC(C)n1c(Cl)cc(=O)c2ccccc21. The third-order valence-electron chi connectivity index (χ3n) is 2.43. The number of para-hydroxylation sites is 1. The number of halogens is 1. The summed E-state index contributed by atoms with van der Waals surface area (Å²) in [5, 5.41) is 1.21. The third kappa shape index (κ3) is 1.65. The van der Waals surface area contributed by atoms with Crippen LogP contribution in [-0.2, 0) is 0 Å². The number of pyridine rings is 1. The molecule has 0 aliphatic heterocycles. The van der Waals surface area contributed by atoms with Crippen LogP contribution in [0.2, 0.25) is 5.15 Å². The van der Waals surface area contributed by atoms with Crippen LogP contribution in [-0.4, -0.2) is 4.57 Å². The number of fused-ring (bicyclic) bond motifs is 1. The Bertz CT molecular complexity index is 557. The Labute approximate surface area is 93.1 Å². The smallest absolute Gasteiger partial charge is 0.190 e. The lowest BCUT2D eigenvalue weighted by atomic mass is 10.2. The van der Waals surface area contributed by atoms with E-state index in [0.29, 0.717) is 5.15 Å². The average molecular weight is 222 g/mol. The number of rotatable bonds is 1. The van der Waals surface area contributed by atoms with E-state index in [9.17, 15) is 4.79 Å². The molecule has 2 nitrogen and oxygen atoms in total. The zero-order valence-corrected chi connectivity index (χ0v) is 9.45. The molecule has 2 aromatic rings. The highest BCUT2D eigenvalue weighted by molar-refractivity contribution is 6.30. The fraction of sp³-hybridized carbons (Fsp3) is 0.250. The average Bonchev–Trinajstić information content (AvgIpc) is 2.17. The van der Waals surface area contributed by atoms with E-state index in [4.69, 9.17) is 11.6 Å². The van der Waals surface area contributed by atoms with Gasteiger partial charge in [-0.15, -0.1) is 0 Å². The van der Waals surface area contributed by atoms with Gasteiger partial charge in [-0.1, -0.05) is 23.7 Å². The Morgan fingerprint density at radius 1 is 1.27 bits per heavy atom. The van der Waals surface area contributed by atoms with Crippen LogP contribution in [0.4, 0.5) is 0 Å². The van der Waals surface area contributed by atoms with Gasteiger partial charge < -0.3 is 4.57 Å². The molecular weight excluding hydrogens is 210 g/mol. The van der Waals surface area contributed by atoms with E-state index in [-0.39, 0.29) is 11.5 Å². The van der Waals surface area contributed by atoms with Crippen molar-refractivity contribution in [2.75, 3.05) is 0 Å². The summed E-state index contributed by atoms with van der Waals surface area (Å²) in [6.07, 6.45) is 0. The molecule has 0 N–H and O–H groups in total.